The maximum Gasteiger partial charge on any atom is 0.233 e. The topological polar surface area (TPSA) is 72.7 Å². The number of hydrogen-bond acceptors (Lipinski definition) is 5. The molecule has 1 heterocycles. The molecule has 2 aromatic rings. The van der Waals surface area contributed by atoms with Gasteiger partial charge in [0.1, 0.15) is 0 Å². The molecule has 26 heavy (non-hydrogen) atoms. The Kier molecular flexibility index (Phi) is 5.65. The van der Waals surface area contributed by atoms with E-state index >= 15 is 0 Å². The van der Waals surface area contributed by atoms with E-state index in [0.717, 1.165) is 30.0 Å². The van der Waals surface area contributed by atoms with Gasteiger partial charge in [0.25, 0.3) is 0 Å². The molecule has 0 radical (unpaired) electrons. The van der Waals surface area contributed by atoms with Crippen LogP contribution in [0.5, 0.6) is 0 Å². The monoisotopic (exact) mass is 373 g/mol. The summed E-state index contributed by atoms with van der Waals surface area (Å²) in [6.07, 6.45) is 3.10. The number of nitrogens with zero attached hydrogens (tertiary/aromatic N) is 4. The molecule has 2 atom stereocenters. The Labute approximate surface area is 159 Å². The van der Waals surface area contributed by atoms with Crippen molar-refractivity contribution in [3.8, 4) is 0 Å². The van der Waals surface area contributed by atoms with Crippen molar-refractivity contribution in [2.24, 2.45) is 5.41 Å². The smallest absolute Gasteiger partial charge is 0.233 e. The Hall–Kier alpha value is -1.89. The van der Waals surface area contributed by atoms with Gasteiger partial charge in [0.15, 0.2) is 0 Å². The van der Waals surface area contributed by atoms with Gasteiger partial charge in [0.05, 0.1) is 17.3 Å². The molecule has 1 aliphatic rings. The van der Waals surface area contributed by atoms with E-state index in [1.807, 2.05) is 29.8 Å². The second kappa shape index (κ2) is 7.78. The lowest BCUT2D eigenvalue weighted by atomic mass is 9.85. The predicted molar refractivity (Wildman–Crippen MR) is 103 cm³/mol. The summed E-state index contributed by atoms with van der Waals surface area (Å²) < 4.78 is 1.85. The van der Waals surface area contributed by atoms with Crippen LogP contribution in [0.3, 0.4) is 0 Å². The second-order valence-electron chi connectivity index (χ2n) is 8.13. The van der Waals surface area contributed by atoms with Crippen molar-refractivity contribution in [3.63, 3.8) is 0 Å². The Morgan fingerprint density at radius 1 is 1.31 bits per heavy atom. The van der Waals surface area contributed by atoms with Crippen molar-refractivity contribution in [1.29, 1.82) is 0 Å². The molecular weight excluding hydrogens is 346 g/mol. The minimum atomic E-state index is -0.260. The molecule has 1 N–H and O–H groups in total. The van der Waals surface area contributed by atoms with E-state index in [0.29, 0.717) is 6.04 Å². The number of carbonyl (C=O) groups is 1. The van der Waals surface area contributed by atoms with Gasteiger partial charge in [-0.05, 0) is 47.6 Å². The fraction of sp³-hybridized carbons (Fsp3) is 0.579. The molecule has 0 aliphatic heterocycles. The van der Waals surface area contributed by atoms with Crippen molar-refractivity contribution < 1.29 is 4.79 Å². The van der Waals surface area contributed by atoms with E-state index in [1.165, 1.54) is 11.8 Å². The van der Waals surface area contributed by atoms with E-state index in [-0.39, 0.29) is 22.6 Å². The summed E-state index contributed by atoms with van der Waals surface area (Å²) in [6, 6.07) is 10.6. The van der Waals surface area contributed by atoms with Gasteiger partial charge in [-0.3, -0.25) is 4.79 Å². The molecular formula is C19H27N5OS. The van der Waals surface area contributed by atoms with E-state index in [9.17, 15) is 4.79 Å². The molecule has 1 aliphatic carbocycles. The highest BCUT2D eigenvalue weighted by Crippen LogP contribution is 2.37. The largest absolute Gasteiger partial charge is 0.348 e. The zero-order valence-corrected chi connectivity index (χ0v) is 16.7. The first kappa shape index (κ1) is 18.9. The number of amides is 1. The Bertz CT molecular complexity index is 736. The van der Waals surface area contributed by atoms with Crippen molar-refractivity contribution in [2.45, 2.75) is 69.4 Å². The van der Waals surface area contributed by atoms with E-state index in [2.05, 4.69) is 53.7 Å². The van der Waals surface area contributed by atoms with Crippen LogP contribution in [0, 0.1) is 5.41 Å². The van der Waals surface area contributed by atoms with Crippen LogP contribution in [0.4, 0.5) is 0 Å². The molecule has 7 heteroatoms. The molecule has 1 amide bonds. The van der Waals surface area contributed by atoms with Crippen LogP contribution in [-0.2, 0) is 4.79 Å². The lowest BCUT2D eigenvalue weighted by Crippen LogP contribution is -2.36. The zero-order valence-electron chi connectivity index (χ0n) is 15.8. The van der Waals surface area contributed by atoms with Crippen LogP contribution >= 0.6 is 11.8 Å². The number of nitrogens with one attached hydrogen (secondary N) is 1. The molecule has 3 rings (SSSR count). The number of hydrogen-bond donors (Lipinski definition) is 1. The molecule has 2 unspecified atom stereocenters. The van der Waals surface area contributed by atoms with E-state index in [1.54, 1.807) is 0 Å². The standard InChI is InChI=1S/C19H27N5OS/c1-13(26-18-21-22-23-24(18)15-10-11-15)17(25)20-16(12-19(2,3)4)14-8-6-5-7-9-14/h5-9,13,15-16H,10-12H2,1-4H3,(H,20,25). The molecule has 1 saturated carbocycles. The first-order valence-electron chi connectivity index (χ1n) is 9.13. The number of rotatable bonds is 7. The third-order valence-corrected chi connectivity index (χ3v) is 5.39. The summed E-state index contributed by atoms with van der Waals surface area (Å²) in [5.41, 5.74) is 1.25. The van der Waals surface area contributed by atoms with Crippen LogP contribution in [-0.4, -0.2) is 31.4 Å². The average Bonchev–Trinajstić information content (AvgIpc) is 3.33. The summed E-state index contributed by atoms with van der Waals surface area (Å²) >= 11 is 1.42. The Morgan fingerprint density at radius 2 is 2.00 bits per heavy atom. The second-order valence-corrected chi connectivity index (χ2v) is 9.44. The molecule has 6 nitrogen and oxygen atoms in total. The summed E-state index contributed by atoms with van der Waals surface area (Å²) in [4.78, 5) is 12.8. The number of carbonyl (C=O) groups excluding carboxylic acids is 1. The lowest BCUT2D eigenvalue weighted by Gasteiger charge is -2.28. The van der Waals surface area contributed by atoms with Gasteiger partial charge in [-0.1, -0.05) is 62.9 Å². The number of thioether (sulfide) groups is 1. The highest BCUT2D eigenvalue weighted by Gasteiger charge is 2.30. The van der Waals surface area contributed by atoms with Gasteiger partial charge in [0, 0.05) is 0 Å². The molecule has 0 saturated heterocycles. The minimum Gasteiger partial charge on any atom is -0.348 e. The molecule has 1 aromatic carbocycles. The number of benzene rings is 1. The van der Waals surface area contributed by atoms with Gasteiger partial charge >= 0.3 is 0 Å². The molecule has 140 valence electrons. The highest BCUT2D eigenvalue weighted by atomic mass is 32.2. The van der Waals surface area contributed by atoms with Crippen LogP contribution in [0.1, 0.15) is 64.6 Å². The van der Waals surface area contributed by atoms with Gasteiger partial charge < -0.3 is 5.32 Å². The summed E-state index contributed by atoms with van der Waals surface area (Å²) in [7, 11) is 0. The van der Waals surface area contributed by atoms with Crippen molar-refractivity contribution in [3.05, 3.63) is 35.9 Å². The van der Waals surface area contributed by atoms with Crippen molar-refractivity contribution in [2.75, 3.05) is 0 Å². The predicted octanol–water partition coefficient (Wildman–Crippen LogP) is 3.78. The number of tetrazole rings is 1. The normalized spacial score (nSPS) is 16.9. The lowest BCUT2D eigenvalue weighted by molar-refractivity contribution is -0.121. The summed E-state index contributed by atoms with van der Waals surface area (Å²) in [6.45, 7) is 8.48. The first-order valence-corrected chi connectivity index (χ1v) is 10.0. The highest BCUT2D eigenvalue weighted by molar-refractivity contribution is 8.00. The first-order chi connectivity index (χ1) is 12.3. The van der Waals surface area contributed by atoms with Crippen molar-refractivity contribution >= 4 is 17.7 Å². The van der Waals surface area contributed by atoms with Gasteiger partial charge in [-0.15, -0.1) is 5.10 Å². The minimum absolute atomic E-state index is 0.00817. The summed E-state index contributed by atoms with van der Waals surface area (Å²) in [5, 5.41) is 15.6. The molecule has 0 spiro atoms. The van der Waals surface area contributed by atoms with Crippen LogP contribution in [0.25, 0.3) is 0 Å². The third-order valence-electron chi connectivity index (χ3n) is 4.34. The maximum atomic E-state index is 12.8. The van der Waals surface area contributed by atoms with Gasteiger partial charge in [-0.2, -0.15) is 0 Å². The molecule has 1 aromatic heterocycles. The SMILES string of the molecule is CC(Sc1nnnn1C1CC1)C(=O)NC(CC(C)(C)C)c1ccccc1. The molecule has 1 fully saturated rings. The third kappa shape index (κ3) is 5.06. The average molecular weight is 374 g/mol. The Balaban J connectivity index is 1.67. The van der Waals surface area contributed by atoms with E-state index in [4.69, 9.17) is 0 Å². The quantitative estimate of drug-likeness (QED) is 0.748. The number of aromatic nitrogens is 4. The van der Waals surface area contributed by atoms with Gasteiger partial charge in [-0.25, -0.2) is 4.68 Å². The molecule has 0 bridgehead atoms. The maximum absolute atomic E-state index is 12.8. The summed E-state index contributed by atoms with van der Waals surface area (Å²) in [5.74, 6) is 0.0125. The fourth-order valence-corrected chi connectivity index (χ4v) is 3.73. The van der Waals surface area contributed by atoms with Crippen LogP contribution < -0.4 is 5.32 Å². The van der Waals surface area contributed by atoms with E-state index < -0.39 is 0 Å². The zero-order chi connectivity index (χ0) is 18.7. The van der Waals surface area contributed by atoms with Crippen molar-refractivity contribution in [1.82, 2.24) is 25.5 Å². The van der Waals surface area contributed by atoms with Crippen LogP contribution in [0.15, 0.2) is 35.5 Å². The van der Waals surface area contributed by atoms with Gasteiger partial charge in [0.2, 0.25) is 11.1 Å². The Morgan fingerprint density at radius 3 is 2.62 bits per heavy atom. The van der Waals surface area contributed by atoms with Crippen LogP contribution in [0.2, 0.25) is 0 Å². The fourth-order valence-electron chi connectivity index (χ4n) is 2.86.